The van der Waals surface area contributed by atoms with Gasteiger partial charge in [0.25, 0.3) is 11.8 Å². The van der Waals surface area contributed by atoms with E-state index in [0.717, 1.165) is 17.2 Å². The van der Waals surface area contributed by atoms with E-state index in [1.807, 2.05) is 25.2 Å². The summed E-state index contributed by atoms with van der Waals surface area (Å²) in [5.41, 5.74) is 3.04. The monoisotopic (exact) mass is 404 g/mol. The highest BCUT2D eigenvalue weighted by molar-refractivity contribution is 6.04. The molecule has 0 aliphatic heterocycles. The average Bonchev–Trinajstić information content (AvgIpc) is 2.75. The Kier molecular flexibility index (Phi) is 7.19. The van der Waals surface area contributed by atoms with Gasteiger partial charge in [0, 0.05) is 22.5 Å². The maximum Gasteiger partial charge on any atom is 0.279 e. The lowest BCUT2D eigenvalue weighted by atomic mass is 10.2. The van der Waals surface area contributed by atoms with Crippen LogP contribution in [-0.2, 0) is 11.3 Å². The zero-order valence-electron chi connectivity index (χ0n) is 17.1. The summed E-state index contributed by atoms with van der Waals surface area (Å²) in [5, 5.41) is 5.72. The molecule has 2 amide bonds. The van der Waals surface area contributed by atoms with Gasteiger partial charge >= 0.3 is 0 Å². The molecule has 0 fully saturated rings. The zero-order valence-corrected chi connectivity index (χ0v) is 17.1. The van der Waals surface area contributed by atoms with Crippen molar-refractivity contribution in [1.29, 1.82) is 0 Å². The highest BCUT2D eigenvalue weighted by atomic mass is 16.5. The third-order valence-electron chi connectivity index (χ3n) is 4.59. The van der Waals surface area contributed by atoms with Crippen molar-refractivity contribution in [2.45, 2.75) is 6.54 Å². The van der Waals surface area contributed by atoms with Gasteiger partial charge < -0.3 is 20.3 Å². The van der Waals surface area contributed by atoms with Crippen molar-refractivity contribution in [3.05, 3.63) is 90.0 Å². The number of methoxy groups -OCH3 is 1. The van der Waals surface area contributed by atoms with Crippen LogP contribution in [0.15, 0.2) is 78.9 Å². The fraction of sp³-hybridized carbons (Fsp3) is 0.167. The van der Waals surface area contributed by atoms with Crippen molar-refractivity contribution in [1.82, 2.24) is 0 Å². The normalized spacial score (nSPS) is 11.4. The molecule has 3 rings (SSSR count). The van der Waals surface area contributed by atoms with E-state index in [9.17, 15) is 9.59 Å². The molecule has 6 nitrogen and oxygen atoms in total. The van der Waals surface area contributed by atoms with Crippen LogP contribution in [0.1, 0.15) is 15.9 Å². The van der Waals surface area contributed by atoms with Crippen LogP contribution in [0.25, 0.3) is 0 Å². The number of hydrogen-bond donors (Lipinski definition) is 3. The Balaban J connectivity index is 1.50. The van der Waals surface area contributed by atoms with Gasteiger partial charge in [0.1, 0.15) is 12.3 Å². The summed E-state index contributed by atoms with van der Waals surface area (Å²) in [4.78, 5) is 25.8. The van der Waals surface area contributed by atoms with Gasteiger partial charge in [0.05, 0.1) is 14.2 Å². The molecule has 0 saturated carbocycles. The Morgan fingerprint density at radius 3 is 2.07 bits per heavy atom. The van der Waals surface area contributed by atoms with Gasteiger partial charge in [0.2, 0.25) is 0 Å². The van der Waals surface area contributed by atoms with Crippen LogP contribution in [0.3, 0.4) is 0 Å². The maximum absolute atomic E-state index is 12.4. The molecule has 154 valence electrons. The van der Waals surface area contributed by atoms with Crippen LogP contribution in [0.5, 0.6) is 5.75 Å². The first-order valence-electron chi connectivity index (χ1n) is 9.74. The summed E-state index contributed by atoms with van der Waals surface area (Å²) < 4.78 is 5.11. The van der Waals surface area contributed by atoms with Crippen LogP contribution in [0.4, 0.5) is 11.4 Å². The topological polar surface area (TPSA) is 71.9 Å². The molecule has 1 atom stereocenters. The number of rotatable bonds is 8. The van der Waals surface area contributed by atoms with E-state index in [0.29, 0.717) is 23.5 Å². The second-order valence-corrected chi connectivity index (χ2v) is 7.10. The molecule has 3 aromatic carbocycles. The fourth-order valence-corrected chi connectivity index (χ4v) is 3.07. The fourth-order valence-electron chi connectivity index (χ4n) is 3.07. The number of likely N-dealkylation sites (N-methyl/N-ethyl adjacent to an activating group) is 1. The first-order valence-corrected chi connectivity index (χ1v) is 9.74. The molecule has 3 aromatic rings. The molecule has 1 unspecified atom stereocenters. The molecule has 0 bridgehead atoms. The van der Waals surface area contributed by atoms with Crippen molar-refractivity contribution in [3.8, 4) is 5.75 Å². The summed E-state index contributed by atoms with van der Waals surface area (Å²) in [6.45, 7) is 1.13. The van der Waals surface area contributed by atoms with Gasteiger partial charge in [-0.25, -0.2) is 0 Å². The Morgan fingerprint density at radius 1 is 0.833 bits per heavy atom. The van der Waals surface area contributed by atoms with Crippen LogP contribution < -0.4 is 20.3 Å². The van der Waals surface area contributed by atoms with Gasteiger partial charge in [-0.1, -0.05) is 30.3 Å². The molecular weight excluding hydrogens is 378 g/mol. The zero-order chi connectivity index (χ0) is 21.3. The maximum atomic E-state index is 12.4. The molecule has 0 aliphatic carbocycles. The molecule has 0 spiro atoms. The molecule has 0 heterocycles. The highest BCUT2D eigenvalue weighted by Crippen LogP contribution is 2.16. The van der Waals surface area contributed by atoms with E-state index >= 15 is 0 Å². The summed E-state index contributed by atoms with van der Waals surface area (Å²) in [6.07, 6.45) is 0. The van der Waals surface area contributed by atoms with E-state index in [4.69, 9.17) is 4.74 Å². The van der Waals surface area contributed by atoms with Crippen LogP contribution in [0, 0.1) is 0 Å². The molecular formula is C24H26N3O3+. The van der Waals surface area contributed by atoms with E-state index in [1.54, 1.807) is 55.6 Å². The summed E-state index contributed by atoms with van der Waals surface area (Å²) >= 11 is 0. The van der Waals surface area contributed by atoms with Crippen molar-refractivity contribution in [3.63, 3.8) is 0 Å². The van der Waals surface area contributed by atoms with Crippen LogP contribution >= 0.6 is 0 Å². The third-order valence-corrected chi connectivity index (χ3v) is 4.59. The Hall–Kier alpha value is -3.64. The molecule has 3 N–H and O–H groups in total. The molecule has 30 heavy (non-hydrogen) atoms. The Labute approximate surface area is 176 Å². The van der Waals surface area contributed by atoms with Crippen molar-refractivity contribution in [2.24, 2.45) is 0 Å². The number of nitrogens with one attached hydrogen (secondary N) is 3. The largest absolute Gasteiger partial charge is 0.497 e. The van der Waals surface area contributed by atoms with Crippen molar-refractivity contribution < 1.29 is 19.2 Å². The number of hydrogen-bond acceptors (Lipinski definition) is 3. The first kappa shape index (κ1) is 21.1. The smallest absolute Gasteiger partial charge is 0.279 e. The number of quaternary nitrogens is 1. The van der Waals surface area contributed by atoms with Gasteiger partial charge in [-0.15, -0.1) is 0 Å². The van der Waals surface area contributed by atoms with Gasteiger partial charge in [0.15, 0.2) is 6.54 Å². The second kappa shape index (κ2) is 10.2. The highest BCUT2D eigenvalue weighted by Gasteiger charge is 2.12. The van der Waals surface area contributed by atoms with E-state index in [1.165, 1.54) is 5.56 Å². The molecule has 0 aliphatic rings. The molecule has 0 saturated heterocycles. The first-order chi connectivity index (χ1) is 14.5. The van der Waals surface area contributed by atoms with E-state index in [2.05, 4.69) is 22.8 Å². The lowest BCUT2D eigenvalue weighted by molar-refractivity contribution is -0.885. The Morgan fingerprint density at radius 2 is 1.43 bits per heavy atom. The van der Waals surface area contributed by atoms with Crippen molar-refractivity contribution in [2.75, 3.05) is 31.3 Å². The summed E-state index contributed by atoms with van der Waals surface area (Å²) in [7, 11) is 3.58. The number of benzene rings is 3. The second-order valence-electron chi connectivity index (χ2n) is 7.10. The average molecular weight is 404 g/mol. The minimum Gasteiger partial charge on any atom is -0.497 e. The number of anilines is 2. The van der Waals surface area contributed by atoms with Crippen LogP contribution in [-0.4, -0.2) is 32.5 Å². The Bertz CT molecular complexity index is 971. The lowest BCUT2D eigenvalue weighted by Crippen LogP contribution is -3.08. The minimum absolute atomic E-state index is 0.0705. The number of carbonyl (C=O) groups excluding carboxylic acids is 2. The minimum atomic E-state index is -0.218. The predicted molar refractivity (Wildman–Crippen MR) is 118 cm³/mol. The van der Waals surface area contributed by atoms with Crippen molar-refractivity contribution >= 4 is 23.2 Å². The van der Waals surface area contributed by atoms with E-state index < -0.39 is 0 Å². The van der Waals surface area contributed by atoms with Gasteiger partial charge in [-0.05, 0) is 48.5 Å². The number of ether oxygens (including phenoxy) is 1. The molecule has 0 radical (unpaired) electrons. The SMILES string of the molecule is COc1ccc(NC(=O)c2ccc(NC(=O)C[NH+](C)Cc3ccccc3)cc2)cc1. The molecule has 0 aromatic heterocycles. The predicted octanol–water partition coefficient (Wildman–Crippen LogP) is 2.60. The lowest BCUT2D eigenvalue weighted by Gasteiger charge is -2.14. The number of carbonyl (C=O) groups is 2. The number of amides is 2. The van der Waals surface area contributed by atoms with E-state index in [-0.39, 0.29) is 11.8 Å². The standard InChI is InChI=1S/C24H25N3O3/c1-27(16-18-6-4-3-5-7-18)17-23(28)25-20-10-8-19(9-11-20)24(29)26-21-12-14-22(30-2)15-13-21/h3-15H,16-17H2,1-2H3,(H,25,28)(H,26,29)/p+1. The van der Waals surface area contributed by atoms with Gasteiger partial charge in [-0.2, -0.15) is 0 Å². The summed E-state index contributed by atoms with van der Waals surface area (Å²) in [5.74, 6) is 0.438. The third kappa shape index (κ3) is 6.18. The summed E-state index contributed by atoms with van der Waals surface area (Å²) in [6, 6.07) is 24.0. The quantitative estimate of drug-likeness (QED) is 0.540. The van der Waals surface area contributed by atoms with Gasteiger partial charge in [-0.3, -0.25) is 9.59 Å². The van der Waals surface area contributed by atoms with Crippen LogP contribution in [0.2, 0.25) is 0 Å². The molecule has 6 heteroatoms.